The highest BCUT2D eigenvalue weighted by atomic mass is 79.9. The Kier molecular flexibility index (Phi) is 5.60. The first-order valence-corrected chi connectivity index (χ1v) is 7.67. The van der Waals surface area contributed by atoms with Crippen molar-refractivity contribution in [2.75, 3.05) is 18.5 Å². The third-order valence-electron chi connectivity index (χ3n) is 3.51. The molecule has 0 radical (unpaired) electrons. The van der Waals surface area contributed by atoms with Crippen molar-refractivity contribution in [2.24, 2.45) is 5.73 Å². The molecule has 1 aliphatic carbocycles. The molecule has 1 aliphatic rings. The van der Waals surface area contributed by atoms with Gasteiger partial charge in [-0.2, -0.15) is 0 Å². The molecule has 0 bridgehead atoms. The first kappa shape index (κ1) is 14.8. The van der Waals surface area contributed by atoms with Gasteiger partial charge >= 0.3 is 0 Å². The van der Waals surface area contributed by atoms with Crippen LogP contribution < -0.4 is 11.1 Å². The Bertz CT molecular complexity index is 406. The van der Waals surface area contributed by atoms with Crippen molar-refractivity contribution in [3.05, 3.63) is 22.3 Å². The van der Waals surface area contributed by atoms with Gasteiger partial charge in [0.1, 0.15) is 5.82 Å². The number of anilines is 1. The molecule has 1 heterocycles. The minimum Gasteiger partial charge on any atom is -0.376 e. The number of hydrogen-bond acceptors (Lipinski definition) is 4. The van der Waals surface area contributed by atoms with Crippen LogP contribution in [0.25, 0.3) is 0 Å². The van der Waals surface area contributed by atoms with Gasteiger partial charge in [0.2, 0.25) is 0 Å². The normalized spacial score (nSPS) is 23.3. The van der Waals surface area contributed by atoms with Crippen LogP contribution in [0, 0.1) is 6.92 Å². The number of halogens is 1. The average Bonchev–Trinajstić information content (AvgIpc) is 2.39. The first-order valence-electron chi connectivity index (χ1n) is 6.88. The Morgan fingerprint density at radius 3 is 2.84 bits per heavy atom. The molecule has 0 atom stereocenters. The molecule has 0 saturated heterocycles. The van der Waals surface area contributed by atoms with Gasteiger partial charge in [0.15, 0.2) is 0 Å². The fraction of sp³-hybridized carbons (Fsp3) is 0.643. The van der Waals surface area contributed by atoms with Crippen LogP contribution in [-0.2, 0) is 4.74 Å². The molecule has 1 aromatic rings. The van der Waals surface area contributed by atoms with Gasteiger partial charge in [0.05, 0.1) is 12.7 Å². The third-order valence-corrected chi connectivity index (χ3v) is 3.95. The summed E-state index contributed by atoms with van der Waals surface area (Å²) in [6.45, 7) is 3.55. The lowest BCUT2D eigenvalue weighted by molar-refractivity contribution is 0.0313. The van der Waals surface area contributed by atoms with Crippen LogP contribution >= 0.6 is 15.9 Å². The van der Waals surface area contributed by atoms with Gasteiger partial charge in [-0.15, -0.1) is 0 Å². The minimum atomic E-state index is 0.382. The maximum absolute atomic E-state index is 5.88. The second-order valence-corrected chi connectivity index (χ2v) is 6.07. The van der Waals surface area contributed by atoms with Gasteiger partial charge in [-0.3, -0.25) is 0 Å². The van der Waals surface area contributed by atoms with Crippen LogP contribution in [0.1, 0.15) is 31.2 Å². The van der Waals surface area contributed by atoms with Crippen molar-refractivity contribution in [1.29, 1.82) is 0 Å². The van der Waals surface area contributed by atoms with Gasteiger partial charge < -0.3 is 15.8 Å². The summed E-state index contributed by atoms with van der Waals surface area (Å²) in [6, 6.07) is 2.44. The molecule has 1 fully saturated rings. The Hall–Kier alpha value is -0.650. The standard InChI is InChI=1S/C14H22BrN3O/c1-10-8-11(15)9-18-14(10)17-6-7-19-13-4-2-12(16)3-5-13/h8-9,12-13H,2-7,16H2,1H3,(H,17,18). The molecule has 5 heteroatoms. The van der Waals surface area contributed by atoms with E-state index in [2.05, 4.69) is 32.3 Å². The lowest BCUT2D eigenvalue weighted by Gasteiger charge is -2.26. The lowest BCUT2D eigenvalue weighted by atomic mass is 9.94. The number of nitrogens with zero attached hydrogens (tertiary/aromatic N) is 1. The fourth-order valence-electron chi connectivity index (χ4n) is 2.38. The Morgan fingerprint density at radius 2 is 2.16 bits per heavy atom. The zero-order valence-corrected chi connectivity index (χ0v) is 12.9. The Morgan fingerprint density at radius 1 is 1.42 bits per heavy atom. The summed E-state index contributed by atoms with van der Waals surface area (Å²) in [5.74, 6) is 0.928. The average molecular weight is 328 g/mol. The Labute approximate surface area is 123 Å². The van der Waals surface area contributed by atoms with Crippen LogP contribution in [0.2, 0.25) is 0 Å². The summed E-state index contributed by atoms with van der Waals surface area (Å²) in [7, 11) is 0. The topological polar surface area (TPSA) is 60.2 Å². The quantitative estimate of drug-likeness (QED) is 0.816. The molecule has 0 aliphatic heterocycles. The molecule has 3 N–H and O–H groups in total. The van der Waals surface area contributed by atoms with E-state index < -0.39 is 0 Å². The number of ether oxygens (including phenoxy) is 1. The maximum Gasteiger partial charge on any atom is 0.128 e. The molecular weight excluding hydrogens is 306 g/mol. The molecule has 2 rings (SSSR count). The monoisotopic (exact) mass is 327 g/mol. The van der Waals surface area contributed by atoms with Crippen LogP contribution in [0.3, 0.4) is 0 Å². The highest BCUT2D eigenvalue weighted by molar-refractivity contribution is 9.10. The van der Waals surface area contributed by atoms with Crippen molar-refractivity contribution < 1.29 is 4.74 Å². The molecule has 19 heavy (non-hydrogen) atoms. The maximum atomic E-state index is 5.88. The molecular formula is C14H22BrN3O. The summed E-state index contributed by atoms with van der Waals surface area (Å²) < 4.78 is 6.87. The van der Waals surface area contributed by atoms with E-state index in [1.54, 1.807) is 6.20 Å². The summed E-state index contributed by atoms with van der Waals surface area (Å²) >= 11 is 3.41. The van der Waals surface area contributed by atoms with Crippen LogP contribution in [-0.4, -0.2) is 30.3 Å². The van der Waals surface area contributed by atoms with Gasteiger partial charge in [-0.25, -0.2) is 4.98 Å². The highest BCUT2D eigenvalue weighted by Crippen LogP contribution is 2.20. The van der Waals surface area contributed by atoms with Gasteiger partial charge in [0, 0.05) is 23.3 Å². The SMILES string of the molecule is Cc1cc(Br)cnc1NCCOC1CCC(N)CC1. The zero-order chi connectivity index (χ0) is 13.7. The van der Waals surface area contributed by atoms with E-state index in [9.17, 15) is 0 Å². The van der Waals surface area contributed by atoms with Gasteiger partial charge in [-0.05, 0) is 60.2 Å². The molecule has 0 amide bonds. The number of aromatic nitrogens is 1. The molecule has 0 unspecified atom stereocenters. The number of aryl methyl sites for hydroxylation is 1. The number of nitrogens with two attached hydrogens (primary N) is 1. The molecule has 4 nitrogen and oxygen atoms in total. The number of rotatable bonds is 5. The summed E-state index contributed by atoms with van der Waals surface area (Å²) in [4.78, 5) is 4.34. The van der Waals surface area contributed by atoms with E-state index in [4.69, 9.17) is 10.5 Å². The first-order chi connectivity index (χ1) is 9.15. The number of pyridine rings is 1. The summed E-state index contributed by atoms with van der Waals surface area (Å²) in [5, 5.41) is 3.31. The highest BCUT2D eigenvalue weighted by Gasteiger charge is 2.18. The van der Waals surface area contributed by atoms with Crippen LogP contribution in [0.5, 0.6) is 0 Å². The van der Waals surface area contributed by atoms with Crippen molar-refractivity contribution >= 4 is 21.7 Å². The third kappa shape index (κ3) is 4.75. The van der Waals surface area contributed by atoms with E-state index in [1.165, 1.54) is 0 Å². The summed E-state index contributed by atoms with van der Waals surface area (Å²) in [5.41, 5.74) is 7.01. The second-order valence-electron chi connectivity index (χ2n) is 5.15. The van der Waals surface area contributed by atoms with Crippen LogP contribution in [0.4, 0.5) is 5.82 Å². The van der Waals surface area contributed by atoms with E-state index in [-0.39, 0.29) is 0 Å². The predicted molar refractivity (Wildman–Crippen MR) is 81.3 cm³/mol. The van der Waals surface area contributed by atoms with Gasteiger partial charge in [0.25, 0.3) is 0 Å². The van der Waals surface area contributed by atoms with E-state index >= 15 is 0 Å². The molecule has 1 aromatic heterocycles. The number of nitrogens with one attached hydrogen (secondary N) is 1. The predicted octanol–water partition coefficient (Wildman–Crippen LogP) is 2.85. The van der Waals surface area contributed by atoms with Crippen molar-refractivity contribution in [2.45, 2.75) is 44.8 Å². The van der Waals surface area contributed by atoms with Crippen molar-refractivity contribution in [3.8, 4) is 0 Å². The van der Waals surface area contributed by atoms with Crippen LogP contribution in [0.15, 0.2) is 16.7 Å². The summed E-state index contributed by atoms with van der Waals surface area (Å²) in [6.07, 6.45) is 6.56. The lowest BCUT2D eigenvalue weighted by Crippen LogP contribution is -2.31. The van der Waals surface area contributed by atoms with E-state index in [1.807, 2.05) is 6.92 Å². The number of hydrogen-bond donors (Lipinski definition) is 2. The molecule has 0 aromatic carbocycles. The fourth-order valence-corrected chi connectivity index (χ4v) is 2.82. The molecule has 0 spiro atoms. The largest absolute Gasteiger partial charge is 0.376 e. The smallest absolute Gasteiger partial charge is 0.128 e. The van der Waals surface area contributed by atoms with E-state index in [0.717, 1.165) is 54.7 Å². The Balaban J connectivity index is 1.66. The second kappa shape index (κ2) is 7.22. The molecule has 1 saturated carbocycles. The zero-order valence-electron chi connectivity index (χ0n) is 11.4. The minimum absolute atomic E-state index is 0.382. The van der Waals surface area contributed by atoms with Gasteiger partial charge in [-0.1, -0.05) is 0 Å². The van der Waals surface area contributed by atoms with Crippen molar-refractivity contribution in [1.82, 2.24) is 4.98 Å². The molecule has 106 valence electrons. The van der Waals surface area contributed by atoms with Crippen molar-refractivity contribution in [3.63, 3.8) is 0 Å². The van der Waals surface area contributed by atoms with E-state index in [0.29, 0.717) is 12.1 Å².